The average Bonchev–Trinajstić information content (AvgIpc) is 2.79. The quantitative estimate of drug-likeness (QED) is 0.458. The van der Waals surface area contributed by atoms with E-state index in [9.17, 15) is 4.79 Å². The Kier molecular flexibility index (Phi) is 7.71. The van der Waals surface area contributed by atoms with Gasteiger partial charge in [0, 0.05) is 6.08 Å². The molecular formula is C26H27NO4. The molecule has 5 nitrogen and oxygen atoms in total. The van der Waals surface area contributed by atoms with Crippen molar-refractivity contribution >= 4 is 17.7 Å². The zero-order valence-corrected chi connectivity index (χ0v) is 18.1. The molecule has 0 radical (unpaired) electrons. The summed E-state index contributed by atoms with van der Waals surface area (Å²) in [4.78, 5) is 12.3. The number of amides is 1. The Labute approximate surface area is 183 Å². The van der Waals surface area contributed by atoms with Crippen molar-refractivity contribution in [1.29, 1.82) is 0 Å². The van der Waals surface area contributed by atoms with E-state index >= 15 is 0 Å². The zero-order valence-electron chi connectivity index (χ0n) is 18.1. The Morgan fingerprint density at radius 3 is 2.48 bits per heavy atom. The van der Waals surface area contributed by atoms with Crippen LogP contribution in [0.15, 0.2) is 72.8 Å². The first-order valence-electron chi connectivity index (χ1n) is 10.2. The second-order valence-electron chi connectivity index (χ2n) is 6.88. The molecule has 0 aliphatic carbocycles. The first-order chi connectivity index (χ1) is 15.1. The molecule has 0 aromatic heterocycles. The van der Waals surface area contributed by atoms with Gasteiger partial charge in [0.2, 0.25) is 5.91 Å². The lowest BCUT2D eigenvalue weighted by molar-refractivity contribution is -0.111. The van der Waals surface area contributed by atoms with Gasteiger partial charge < -0.3 is 19.5 Å². The summed E-state index contributed by atoms with van der Waals surface area (Å²) in [5, 5.41) is 2.84. The first kappa shape index (κ1) is 22.0. The van der Waals surface area contributed by atoms with Gasteiger partial charge in [0.15, 0.2) is 11.5 Å². The largest absolute Gasteiger partial charge is 0.493 e. The van der Waals surface area contributed by atoms with Crippen molar-refractivity contribution in [3.63, 3.8) is 0 Å². The van der Waals surface area contributed by atoms with E-state index in [0.29, 0.717) is 36.1 Å². The highest BCUT2D eigenvalue weighted by molar-refractivity contribution is 6.02. The minimum atomic E-state index is -0.244. The number of anilines is 1. The van der Waals surface area contributed by atoms with E-state index in [1.54, 1.807) is 19.3 Å². The SMILES string of the molecule is CCOc1ccccc1NC(=O)C=Cc1ccc(OCc2ccccc2C)c(OC)c1. The summed E-state index contributed by atoms with van der Waals surface area (Å²) in [6, 6.07) is 21.0. The number of nitrogens with one attached hydrogen (secondary N) is 1. The van der Waals surface area contributed by atoms with Crippen LogP contribution in [-0.4, -0.2) is 19.6 Å². The van der Waals surface area contributed by atoms with Crippen molar-refractivity contribution in [1.82, 2.24) is 0 Å². The third kappa shape index (κ3) is 6.12. The Morgan fingerprint density at radius 1 is 0.935 bits per heavy atom. The van der Waals surface area contributed by atoms with E-state index in [0.717, 1.165) is 11.1 Å². The molecule has 5 heteroatoms. The number of ether oxygens (including phenoxy) is 3. The average molecular weight is 418 g/mol. The van der Waals surface area contributed by atoms with Crippen LogP contribution in [0.25, 0.3) is 6.08 Å². The highest BCUT2D eigenvalue weighted by Crippen LogP contribution is 2.30. The molecule has 160 valence electrons. The summed E-state index contributed by atoms with van der Waals surface area (Å²) < 4.78 is 17.0. The molecule has 0 bridgehead atoms. The van der Waals surface area contributed by atoms with Crippen LogP contribution in [0.3, 0.4) is 0 Å². The Balaban J connectivity index is 1.66. The fourth-order valence-electron chi connectivity index (χ4n) is 3.03. The van der Waals surface area contributed by atoms with Gasteiger partial charge in [-0.2, -0.15) is 0 Å². The predicted molar refractivity (Wildman–Crippen MR) is 124 cm³/mol. The summed E-state index contributed by atoms with van der Waals surface area (Å²) in [7, 11) is 1.60. The van der Waals surface area contributed by atoms with Gasteiger partial charge in [-0.05, 0) is 60.9 Å². The highest BCUT2D eigenvalue weighted by atomic mass is 16.5. The molecule has 0 fully saturated rings. The summed E-state index contributed by atoms with van der Waals surface area (Å²) in [6.45, 7) is 4.95. The fraction of sp³-hybridized carbons (Fsp3) is 0.192. The molecule has 0 unspecified atom stereocenters. The molecule has 1 N–H and O–H groups in total. The first-order valence-corrected chi connectivity index (χ1v) is 10.2. The third-order valence-electron chi connectivity index (χ3n) is 4.70. The van der Waals surface area contributed by atoms with Crippen molar-refractivity contribution < 1.29 is 19.0 Å². The molecule has 0 atom stereocenters. The van der Waals surface area contributed by atoms with Gasteiger partial charge in [-0.3, -0.25) is 4.79 Å². The molecular weight excluding hydrogens is 390 g/mol. The number of hydrogen-bond acceptors (Lipinski definition) is 4. The number of carbonyl (C=O) groups is 1. The number of hydrogen-bond donors (Lipinski definition) is 1. The number of carbonyl (C=O) groups excluding carboxylic acids is 1. The molecule has 0 saturated heterocycles. The van der Waals surface area contributed by atoms with Crippen LogP contribution in [0.5, 0.6) is 17.2 Å². The van der Waals surface area contributed by atoms with Crippen molar-refractivity contribution in [3.8, 4) is 17.2 Å². The maximum absolute atomic E-state index is 12.3. The molecule has 3 rings (SSSR count). The van der Waals surface area contributed by atoms with Crippen molar-refractivity contribution in [3.05, 3.63) is 89.5 Å². The van der Waals surface area contributed by atoms with Crippen LogP contribution in [-0.2, 0) is 11.4 Å². The van der Waals surface area contributed by atoms with Crippen LogP contribution >= 0.6 is 0 Å². The number of benzene rings is 3. The lowest BCUT2D eigenvalue weighted by atomic mass is 10.1. The normalized spacial score (nSPS) is 10.7. The highest BCUT2D eigenvalue weighted by Gasteiger charge is 2.08. The van der Waals surface area contributed by atoms with Gasteiger partial charge in [-0.15, -0.1) is 0 Å². The summed E-state index contributed by atoms with van der Waals surface area (Å²) in [6.07, 6.45) is 3.21. The van der Waals surface area contributed by atoms with Crippen LogP contribution in [0.4, 0.5) is 5.69 Å². The van der Waals surface area contributed by atoms with E-state index in [2.05, 4.69) is 18.3 Å². The Morgan fingerprint density at radius 2 is 1.71 bits per heavy atom. The van der Waals surface area contributed by atoms with Crippen molar-refractivity contribution in [2.75, 3.05) is 19.0 Å². The number of rotatable bonds is 9. The summed E-state index contributed by atoms with van der Waals surface area (Å²) >= 11 is 0. The number of methoxy groups -OCH3 is 1. The third-order valence-corrected chi connectivity index (χ3v) is 4.70. The zero-order chi connectivity index (χ0) is 22.1. The predicted octanol–water partition coefficient (Wildman–Crippen LogP) is 5.63. The van der Waals surface area contributed by atoms with Gasteiger partial charge in [0.1, 0.15) is 12.4 Å². The van der Waals surface area contributed by atoms with E-state index < -0.39 is 0 Å². The maximum atomic E-state index is 12.3. The molecule has 0 aliphatic heterocycles. The maximum Gasteiger partial charge on any atom is 0.248 e. The van der Waals surface area contributed by atoms with E-state index in [-0.39, 0.29) is 5.91 Å². The van der Waals surface area contributed by atoms with Crippen LogP contribution in [0, 0.1) is 6.92 Å². The lowest BCUT2D eigenvalue weighted by Crippen LogP contribution is -2.09. The smallest absolute Gasteiger partial charge is 0.248 e. The molecule has 0 spiro atoms. The fourth-order valence-corrected chi connectivity index (χ4v) is 3.03. The van der Waals surface area contributed by atoms with Gasteiger partial charge in [-0.1, -0.05) is 42.5 Å². The molecule has 0 saturated carbocycles. The molecule has 0 aliphatic rings. The number of para-hydroxylation sites is 2. The van der Waals surface area contributed by atoms with E-state index in [1.165, 1.54) is 11.6 Å². The topological polar surface area (TPSA) is 56.8 Å². The molecule has 1 amide bonds. The number of aryl methyl sites for hydroxylation is 1. The standard InChI is InChI=1S/C26H27NO4/c1-4-30-23-12-8-7-11-22(23)27-26(28)16-14-20-13-15-24(25(17-20)29-3)31-18-21-10-6-5-9-19(21)2/h5-17H,4,18H2,1-3H3,(H,27,28). The van der Waals surface area contributed by atoms with Crippen LogP contribution in [0.1, 0.15) is 23.6 Å². The van der Waals surface area contributed by atoms with Gasteiger partial charge in [-0.25, -0.2) is 0 Å². The molecule has 31 heavy (non-hydrogen) atoms. The van der Waals surface area contributed by atoms with Gasteiger partial charge in [0.25, 0.3) is 0 Å². The summed E-state index contributed by atoms with van der Waals surface area (Å²) in [5.74, 6) is 1.66. The van der Waals surface area contributed by atoms with Crippen LogP contribution in [0.2, 0.25) is 0 Å². The van der Waals surface area contributed by atoms with E-state index in [1.807, 2.05) is 61.5 Å². The minimum Gasteiger partial charge on any atom is -0.493 e. The minimum absolute atomic E-state index is 0.244. The van der Waals surface area contributed by atoms with Gasteiger partial charge >= 0.3 is 0 Å². The second kappa shape index (κ2) is 10.9. The van der Waals surface area contributed by atoms with E-state index in [4.69, 9.17) is 14.2 Å². The molecule has 3 aromatic rings. The monoisotopic (exact) mass is 417 g/mol. The molecule has 3 aromatic carbocycles. The Bertz CT molecular complexity index is 1060. The van der Waals surface area contributed by atoms with Crippen molar-refractivity contribution in [2.45, 2.75) is 20.5 Å². The van der Waals surface area contributed by atoms with Gasteiger partial charge in [0.05, 0.1) is 19.4 Å². The Hall–Kier alpha value is -3.73. The lowest BCUT2D eigenvalue weighted by Gasteiger charge is -2.12. The summed E-state index contributed by atoms with van der Waals surface area (Å²) in [5.41, 5.74) is 3.76. The molecule has 0 heterocycles. The second-order valence-corrected chi connectivity index (χ2v) is 6.88. The van der Waals surface area contributed by atoms with Crippen molar-refractivity contribution in [2.24, 2.45) is 0 Å². The van der Waals surface area contributed by atoms with Crippen LogP contribution < -0.4 is 19.5 Å².